The highest BCUT2D eigenvalue weighted by atomic mass is 16.6. The van der Waals surface area contributed by atoms with Gasteiger partial charge in [0, 0.05) is 19.3 Å². The lowest BCUT2D eigenvalue weighted by atomic mass is 10.1. The molecule has 6 heteroatoms. The van der Waals surface area contributed by atoms with Crippen LogP contribution in [0.15, 0.2) is 182 Å². The Kier molecular flexibility index (Phi) is 47.8. The molecule has 0 heterocycles. The zero-order valence-corrected chi connectivity index (χ0v) is 41.1. The lowest BCUT2D eigenvalue weighted by Gasteiger charge is -2.18. The fourth-order valence-electron chi connectivity index (χ4n) is 5.81. The molecule has 0 amide bonds. The first-order valence-electron chi connectivity index (χ1n) is 25.0. The Hall–Kier alpha value is -5.49. The van der Waals surface area contributed by atoms with Gasteiger partial charge in [-0.1, -0.05) is 229 Å². The van der Waals surface area contributed by atoms with Gasteiger partial charge in [0.15, 0.2) is 6.10 Å². The van der Waals surface area contributed by atoms with Crippen molar-refractivity contribution in [2.45, 2.75) is 162 Å². The molecule has 0 N–H and O–H groups in total. The van der Waals surface area contributed by atoms with Crippen molar-refractivity contribution in [3.05, 3.63) is 182 Å². The van der Waals surface area contributed by atoms with Gasteiger partial charge in [0.2, 0.25) is 0 Å². The molecule has 0 aliphatic rings. The normalized spacial score (nSPS) is 13.7. The molecule has 0 aliphatic heterocycles. The van der Waals surface area contributed by atoms with E-state index in [0.717, 1.165) is 103 Å². The number of hydrogen-bond acceptors (Lipinski definition) is 6. The van der Waals surface area contributed by atoms with E-state index in [2.05, 4.69) is 81.5 Å². The second kappa shape index (κ2) is 52.1. The van der Waals surface area contributed by atoms with Gasteiger partial charge in [-0.2, -0.15) is 0 Å². The Balaban J connectivity index is 4.67. The number of rotatable bonds is 41. The van der Waals surface area contributed by atoms with E-state index in [0.29, 0.717) is 19.3 Å². The minimum Gasteiger partial charge on any atom is -0.462 e. The van der Waals surface area contributed by atoms with Crippen molar-refractivity contribution < 1.29 is 28.6 Å². The van der Waals surface area contributed by atoms with E-state index in [4.69, 9.17) is 14.2 Å². The van der Waals surface area contributed by atoms with Crippen molar-refractivity contribution >= 4 is 17.9 Å². The van der Waals surface area contributed by atoms with Crippen molar-refractivity contribution in [2.24, 2.45) is 0 Å². The number of allylic oxidation sites excluding steroid dienone is 30. The largest absolute Gasteiger partial charge is 0.462 e. The number of unbranched alkanes of at least 4 members (excludes halogenated alkanes) is 10. The zero-order valence-electron chi connectivity index (χ0n) is 41.1. The molecule has 0 bridgehead atoms. The van der Waals surface area contributed by atoms with Crippen molar-refractivity contribution in [2.75, 3.05) is 13.2 Å². The highest BCUT2D eigenvalue weighted by Gasteiger charge is 2.19. The zero-order chi connectivity index (χ0) is 47.9. The van der Waals surface area contributed by atoms with Crippen LogP contribution < -0.4 is 0 Å². The molecular weight excluding hydrogens is 817 g/mol. The second-order valence-corrected chi connectivity index (χ2v) is 15.5. The van der Waals surface area contributed by atoms with E-state index < -0.39 is 6.10 Å². The number of esters is 3. The van der Waals surface area contributed by atoms with Gasteiger partial charge in [-0.05, 0) is 89.9 Å². The number of ether oxygens (including phenoxy) is 3. The minimum absolute atomic E-state index is 0.134. The summed E-state index contributed by atoms with van der Waals surface area (Å²) in [6.07, 6.45) is 78.6. The van der Waals surface area contributed by atoms with E-state index in [9.17, 15) is 14.4 Å². The van der Waals surface area contributed by atoms with Gasteiger partial charge in [-0.25, -0.2) is 0 Å². The van der Waals surface area contributed by atoms with E-state index >= 15 is 0 Å². The van der Waals surface area contributed by atoms with Gasteiger partial charge >= 0.3 is 17.9 Å². The summed E-state index contributed by atoms with van der Waals surface area (Å²) in [5, 5.41) is 0. The molecule has 0 saturated carbocycles. The first kappa shape index (κ1) is 60.5. The van der Waals surface area contributed by atoms with Gasteiger partial charge in [0.25, 0.3) is 0 Å². The van der Waals surface area contributed by atoms with Crippen LogP contribution in [-0.2, 0) is 28.6 Å². The summed E-state index contributed by atoms with van der Waals surface area (Å²) in [5.74, 6) is -1.06. The summed E-state index contributed by atoms with van der Waals surface area (Å²) in [4.78, 5) is 38.0. The first-order valence-corrected chi connectivity index (χ1v) is 25.0. The van der Waals surface area contributed by atoms with Crippen LogP contribution in [0.2, 0.25) is 0 Å². The molecule has 0 fully saturated rings. The Labute approximate surface area is 402 Å². The average molecular weight is 903 g/mol. The quantitative estimate of drug-likeness (QED) is 0.0200. The van der Waals surface area contributed by atoms with Crippen LogP contribution in [0.5, 0.6) is 0 Å². The molecule has 0 aromatic carbocycles. The van der Waals surface area contributed by atoms with Crippen LogP contribution in [0.25, 0.3) is 0 Å². The molecule has 1 unspecified atom stereocenters. The van der Waals surface area contributed by atoms with Crippen molar-refractivity contribution in [3.63, 3.8) is 0 Å². The van der Waals surface area contributed by atoms with E-state index in [1.54, 1.807) is 0 Å². The standard InChI is InChI=1S/C60H86O6/c1-4-7-10-13-16-19-22-25-28-30-32-35-38-41-44-47-50-53-59(62)65-56-57(55-64-58(61)52-49-46-43-40-37-34-27-24-21-18-15-12-9-6-3)66-60(63)54-51-48-45-42-39-36-33-31-29-26-23-20-17-14-11-8-5-2/h7-14,16-23,25-36,38-39,57H,4-6,15,24,37,40-56H2,1-3H3/b10-7-,11-8-,12-9-,16-13-,17-14-,21-18-,22-19-,23-20-,28-25-,29-26-,32-30+,33-31+,34-27-,38-35-,39-36-. The lowest BCUT2D eigenvalue weighted by Crippen LogP contribution is -2.30. The van der Waals surface area contributed by atoms with E-state index in [1.165, 1.54) is 0 Å². The van der Waals surface area contributed by atoms with Crippen LogP contribution >= 0.6 is 0 Å². The Bertz CT molecular complexity index is 1650. The molecule has 0 spiro atoms. The van der Waals surface area contributed by atoms with Crippen LogP contribution in [0.3, 0.4) is 0 Å². The monoisotopic (exact) mass is 903 g/mol. The fraction of sp³-hybridized carbons (Fsp3) is 0.450. The molecule has 66 heavy (non-hydrogen) atoms. The molecule has 0 aromatic heterocycles. The third-order valence-corrected chi connectivity index (χ3v) is 9.46. The van der Waals surface area contributed by atoms with Crippen LogP contribution in [0, 0.1) is 0 Å². The van der Waals surface area contributed by atoms with Crippen molar-refractivity contribution in [1.82, 2.24) is 0 Å². The number of carbonyl (C=O) groups is 3. The van der Waals surface area contributed by atoms with Crippen molar-refractivity contribution in [3.8, 4) is 0 Å². The highest BCUT2D eigenvalue weighted by molar-refractivity contribution is 5.71. The van der Waals surface area contributed by atoms with Crippen LogP contribution in [0.1, 0.15) is 156 Å². The topological polar surface area (TPSA) is 78.9 Å². The minimum atomic E-state index is -0.840. The van der Waals surface area contributed by atoms with Gasteiger partial charge in [0.1, 0.15) is 13.2 Å². The summed E-state index contributed by atoms with van der Waals surface area (Å²) >= 11 is 0. The molecule has 0 aromatic rings. The first-order chi connectivity index (χ1) is 32.5. The third-order valence-electron chi connectivity index (χ3n) is 9.46. The predicted octanol–water partition coefficient (Wildman–Crippen LogP) is 16.6. The molecule has 0 aliphatic carbocycles. The lowest BCUT2D eigenvalue weighted by molar-refractivity contribution is -0.167. The Morgan fingerprint density at radius 2 is 0.621 bits per heavy atom. The van der Waals surface area contributed by atoms with Gasteiger partial charge in [-0.3, -0.25) is 14.4 Å². The third kappa shape index (κ3) is 49.5. The fourth-order valence-corrected chi connectivity index (χ4v) is 5.81. The second-order valence-electron chi connectivity index (χ2n) is 15.5. The smallest absolute Gasteiger partial charge is 0.306 e. The van der Waals surface area contributed by atoms with Crippen molar-refractivity contribution in [1.29, 1.82) is 0 Å². The summed E-state index contributed by atoms with van der Waals surface area (Å²) in [5.41, 5.74) is 0. The molecule has 1 atom stereocenters. The summed E-state index contributed by atoms with van der Waals surface area (Å²) in [6.45, 7) is 6.09. The maximum atomic E-state index is 12.8. The number of hydrogen-bond donors (Lipinski definition) is 0. The van der Waals surface area contributed by atoms with Gasteiger partial charge in [-0.15, -0.1) is 0 Å². The highest BCUT2D eigenvalue weighted by Crippen LogP contribution is 2.11. The number of carbonyl (C=O) groups excluding carboxylic acids is 3. The van der Waals surface area contributed by atoms with Gasteiger partial charge in [0.05, 0.1) is 0 Å². The summed E-state index contributed by atoms with van der Waals surface area (Å²) < 4.78 is 16.7. The average Bonchev–Trinajstić information content (AvgIpc) is 3.31. The molecule has 362 valence electrons. The van der Waals surface area contributed by atoms with Crippen LogP contribution in [0.4, 0.5) is 0 Å². The van der Waals surface area contributed by atoms with E-state index in [-0.39, 0.29) is 44.0 Å². The Morgan fingerprint density at radius 3 is 1.03 bits per heavy atom. The molecule has 0 rings (SSSR count). The summed E-state index contributed by atoms with van der Waals surface area (Å²) in [7, 11) is 0. The molecule has 0 radical (unpaired) electrons. The maximum absolute atomic E-state index is 12.8. The molecule has 6 nitrogen and oxygen atoms in total. The maximum Gasteiger partial charge on any atom is 0.306 e. The predicted molar refractivity (Wildman–Crippen MR) is 283 cm³/mol. The van der Waals surface area contributed by atoms with E-state index in [1.807, 2.05) is 122 Å². The SMILES string of the molecule is CC\C=C/C=C\C=C/C=C\C=C\C=C/CCCCCC(=O)OCC(COC(=O)CCCCCC/C=C\C/C=C\C/C=C\CC)OC(=O)CCCCC\C=C/C=C/C=C\C=C/C=C\C=C/CC. The molecular formula is C60H86O6. The Morgan fingerprint density at radius 1 is 0.318 bits per heavy atom. The summed E-state index contributed by atoms with van der Waals surface area (Å²) in [6, 6.07) is 0. The molecule has 0 saturated heterocycles. The van der Waals surface area contributed by atoms with Crippen LogP contribution in [-0.4, -0.2) is 37.2 Å². The van der Waals surface area contributed by atoms with Gasteiger partial charge < -0.3 is 14.2 Å².